The summed E-state index contributed by atoms with van der Waals surface area (Å²) in [5.74, 6) is 1.27. The van der Waals surface area contributed by atoms with E-state index in [1.165, 1.54) is 26.4 Å². The maximum absolute atomic E-state index is 13.8. The number of rotatable bonds is 7. The van der Waals surface area contributed by atoms with Gasteiger partial charge in [-0.2, -0.15) is 13.2 Å². The van der Waals surface area contributed by atoms with Gasteiger partial charge in [-0.15, -0.1) is 0 Å². The molecule has 0 aliphatic rings. The van der Waals surface area contributed by atoms with Crippen molar-refractivity contribution in [1.29, 1.82) is 0 Å². The van der Waals surface area contributed by atoms with E-state index in [1.807, 2.05) is 6.07 Å². The minimum Gasteiger partial charge on any atom is -0.497 e. The molecule has 3 heterocycles. The highest BCUT2D eigenvalue weighted by Crippen LogP contribution is 2.38. The molecule has 0 amide bonds. The molecule has 184 valence electrons. The van der Waals surface area contributed by atoms with Crippen LogP contribution < -0.4 is 4.74 Å². The summed E-state index contributed by atoms with van der Waals surface area (Å²) in [6.07, 6.45) is -0.724. The number of imidazole rings is 1. The zero-order chi connectivity index (χ0) is 25.4. The topological polar surface area (TPSA) is 101 Å². The van der Waals surface area contributed by atoms with Crippen molar-refractivity contribution < 1.29 is 26.3 Å². The van der Waals surface area contributed by atoms with Gasteiger partial charge in [-0.25, -0.2) is 22.7 Å². The molecule has 0 saturated carbocycles. The summed E-state index contributed by atoms with van der Waals surface area (Å²) in [5.41, 5.74) is 0.928. The number of alkyl halides is 3. The number of sulfonamides is 1. The fraction of sp³-hybridized carbons (Fsp3) is 0.261. The summed E-state index contributed by atoms with van der Waals surface area (Å²) in [4.78, 5) is 15.4. The fourth-order valence-corrected chi connectivity index (χ4v) is 4.70. The van der Waals surface area contributed by atoms with Crippen molar-refractivity contribution in [2.75, 3.05) is 21.2 Å². The molecule has 4 aromatic rings. The monoisotopic (exact) mass is 505 g/mol. The number of aromatic nitrogens is 4. The van der Waals surface area contributed by atoms with Gasteiger partial charge in [0.1, 0.15) is 17.1 Å². The summed E-state index contributed by atoms with van der Waals surface area (Å²) in [7, 11) is -0.370. The predicted octanol–water partition coefficient (Wildman–Crippen LogP) is 4.08. The van der Waals surface area contributed by atoms with Gasteiger partial charge in [-0.05, 0) is 36.2 Å². The molecule has 0 aliphatic heterocycles. The van der Waals surface area contributed by atoms with Gasteiger partial charge in [0.05, 0.1) is 17.6 Å². The quantitative estimate of drug-likeness (QED) is 0.406. The van der Waals surface area contributed by atoms with E-state index >= 15 is 0 Å². The molecule has 4 rings (SSSR count). The lowest BCUT2D eigenvalue weighted by atomic mass is 10.0. The number of H-pyrrole nitrogens is 1. The van der Waals surface area contributed by atoms with Gasteiger partial charge < -0.3 is 9.72 Å². The van der Waals surface area contributed by atoms with E-state index in [0.717, 1.165) is 22.1 Å². The summed E-state index contributed by atoms with van der Waals surface area (Å²) < 4.78 is 72.4. The van der Waals surface area contributed by atoms with Crippen molar-refractivity contribution in [3.8, 4) is 16.9 Å². The summed E-state index contributed by atoms with van der Waals surface area (Å²) in [6, 6.07) is 8.25. The highest BCUT2D eigenvalue weighted by atomic mass is 32.2. The summed E-state index contributed by atoms with van der Waals surface area (Å²) >= 11 is 0. The molecule has 0 saturated heterocycles. The third-order valence-electron chi connectivity index (χ3n) is 5.43. The number of aryl methyl sites for hydroxylation is 2. The van der Waals surface area contributed by atoms with Crippen molar-refractivity contribution >= 4 is 21.2 Å². The number of methoxy groups -OCH3 is 1. The average molecular weight is 506 g/mol. The molecule has 0 aliphatic carbocycles. The van der Waals surface area contributed by atoms with Gasteiger partial charge >= 0.3 is 6.18 Å². The molecule has 1 N–H and O–H groups in total. The second kappa shape index (κ2) is 9.27. The second-order valence-corrected chi connectivity index (χ2v) is 10.0. The van der Waals surface area contributed by atoms with Gasteiger partial charge in [0.2, 0.25) is 10.0 Å². The molecule has 1 aromatic carbocycles. The van der Waals surface area contributed by atoms with Crippen LogP contribution in [0.5, 0.6) is 5.75 Å². The Morgan fingerprint density at radius 3 is 2.46 bits per heavy atom. The van der Waals surface area contributed by atoms with Crippen LogP contribution in [-0.2, 0) is 29.0 Å². The van der Waals surface area contributed by atoms with Crippen LogP contribution in [0.4, 0.5) is 13.2 Å². The Morgan fingerprint density at radius 1 is 1.03 bits per heavy atom. The zero-order valence-corrected chi connectivity index (χ0v) is 19.9. The lowest BCUT2D eigenvalue weighted by molar-refractivity contribution is -0.139. The minimum atomic E-state index is -4.87. The highest BCUT2D eigenvalue weighted by Gasteiger charge is 2.38. The zero-order valence-electron chi connectivity index (χ0n) is 19.1. The highest BCUT2D eigenvalue weighted by molar-refractivity contribution is 7.89. The number of aromatic amines is 1. The normalized spacial score (nSPS) is 12.4. The average Bonchev–Trinajstić information content (AvgIpc) is 3.25. The number of pyridine rings is 2. The van der Waals surface area contributed by atoms with Crippen molar-refractivity contribution in [2.45, 2.75) is 23.9 Å². The van der Waals surface area contributed by atoms with E-state index in [1.54, 1.807) is 25.4 Å². The molecule has 8 nitrogen and oxygen atoms in total. The first-order valence-corrected chi connectivity index (χ1v) is 11.9. The van der Waals surface area contributed by atoms with Crippen LogP contribution in [0.1, 0.15) is 17.1 Å². The Labute approximate surface area is 199 Å². The summed E-state index contributed by atoms with van der Waals surface area (Å²) in [6.45, 7) is 0. The van der Waals surface area contributed by atoms with Crippen LogP contribution in [0, 0.1) is 0 Å². The molecule has 0 unspecified atom stereocenters. The molecule has 0 radical (unpaired) electrons. The minimum absolute atomic E-state index is 0.176. The van der Waals surface area contributed by atoms with Gasteiger partial charge in [-0.1, -0.05) is 6.07 Å². The van der Waals surface area contributed by atoms with Gasteiger partial charge in [0.15, 0.2) is 5.65 Å². The number of benzene rings is 1. The van der Waals surface area contributed by atoms with Crippen molar-refractivity contribution in [3.05, 3.63) is 65.9 Å². The third kappa shape index (κ3) is 4.98. The number of nitrogens with zero attached hydrogens (tertiary/aromatic N) is 4. The van der Waals surface area contributed by atoms with Crippen LogP contribution in [0.25, 0.3) is 22.3 Å². The van der Waals surface area contributed by atoms with E-state index in [-0.39, 0.29) is 5.56 Å². The number of hydrogen-bond donors (Lipinski definition) is 1. The molecule has 35 heavy (non-hydrogen) atoms. The van der Waals surface area contributed by atoms with Crippen LogP contribution in [0.2, 0.25) is 0 Å². The largest absolute Gasteiger partial charge is 0.497 e. The number of nitrogens with one attached hydrogen (secondary N) is 1. The maximum atomic E-state index is 13.8. The molecule has 0 bridgehead atoms. The Kier molecular flexibility index (Phi) is 6.52. The molecule has 0 atom stereocenters. The Hall–Kier alpha value is -3.51. The fourth-order valence-electron chi connectivity index (χ4n) is 3.62. The van der Waals surface area contributed by atoms with Crippen LogP contribution >= 0.6 is 0 Å². The first-order valence-electron chi connectivity index (χ1n) is 10.5. The molecule has 0 spiro atoms. The lowest BCUT2D eigenvalue weighted by Crippen LogP contribution is -2.25. The number of hydrogen-bond acceptors (Lipinski definition) is 6. The first kappa shape index (κ1) is 24.6. The molecule has 12 heteroatoms. The van der Waals surface area contributed by atoms with Gasteiger partial charge in [0, 0.05) is 50.2 Å². The molecular weight excluding hydrogens is 483 g/mol. The molecular formula is C23H22F3N5O3S. The summed E-state index contributed by atoms with van der Waals surface area (Å²) in [5, 5.41) is 0. The van der Waals surface area contributed by atoms with Gasteiger partial charge in [-0.3, -0.25) is 4.98 Å². The Morgan fingerprint density at radius 2 is 1.77 bits per heavy atom. The van der Waals surface area contributed by atoms with Crippen LogP contribution in [0.3, 0.4) is 0 Å². The van der Waals surface area contributed by atoms with E-state index < -0.39 is 26.7 Å². The number of fused-ring (bicyclic) bond motifs is 1. The maximum Gasteiger partial charge on any atom is 0.417 e. The molecule has 3 aromatic heterocycles. The van der Waals surface area contributed by atoms with Gasteiger partial charge in [0.25, 0.3) is 0 Å². The van der Waals surface area contributed by atoms with E-state index in [2.05, 4.69) is 19.9 Å². The van der Waals surface area contributed by atoms with Crippen molar-refractivity contribution in [3.63, 3.8) is 0 Å². The first-order chi connectivity index (χ1) is 16.5. The number of halogens is 3. The van der Waals surface area contributed by atoms with Crippen molar-refractivity contribution in [2.24, 2.45) is 0 Å². The standard InChI is InChI=1S/C23H22F3N5O3S/c1-31(2)35(32,33)19-6-4-14(12-18(19)23(24,25)26)17-9-11-28-22-21(17)29-20(30-22)7-5-15-13-16(34-3)8-10-27-15/h4,6,8-13H,5,7H2,1-3H3,(H,28,29,30). The van der Waals surface area contributed by atoms with Crippen LogP contribution in [-0.4, -0.2) is 53.9 Å². The number of ether oxygens (including phenoxy) is 1. The van der Waals surface area contributed by atoms with E-state index in [4.69, 9.17) is 4.74 Å². The Balaban J connectivity index is 1.73. The molecule has 0 fully saturated rings. The second-order valence-electron chi connectivity index (χ2n) is 7.92. The van der Waals surface area contributed by atoms with Crippen LogP contribution in [0.15, 0.2) is 53.7 Å². The lowest BCUT2D eigenvalue weighted by Gasteiger charge is -2.18. The third-order valence-corrected chi connectivity index (χ3v) is 7.30. The van der Waals surface area contributed by atoms with E-state index in [0.29, 0.717) is 41.1 Å². The smallest absolute Gasteiger partial charge is 0.417 e. The van der Waals surface area contributed by atoms with Crippen molar-refractivity contribution in [1.82, 2.24) is 24.2 Å². The SMILES string of the molecule is COc1ccnc(CCc2nc3c(-c4ccc(S(=O)(=O)N(C)C)c(C(F)(F)F)c4)ccnc3[nH]2)c1. The predicted molar refractivity (Wildman–Crippen MR) is 123 cm³/mol. The Bertz CT molecular complexity index is 1480. The van der Waals surface area contributed by atoms with E-state index in [9.17, 15) is 21.6 Å².